The minimum absolute atomic E-state index is 0.0945. The number of carbonyl (C=O) groups is 1. The Labute approximate surface area is 122 Å². The topological polar surface area (TPSA) is 50.1 Å². The van der Waals surface area contributed by atoms with Crippen LogP contribution in [-0.4, -0.2) is 25.4 Å². The molecule has 0 saturated heterocycles. The first-order valence-electron chi connectivity index (χ1n) is 5.54. The van der Waals surface area contributed by atoms with E-state index in [1.165, 1.54) is 23.5 Å². The molecule has 0 heterocycles. The van der Waals surface area contributed by atoms with Crippen LogP contribution in [0.1, 0.15) is 16.8 Å². The number of carbonyl (C=O) groups excluding carboxylic acids is 1. The molecule has 3 nitrogen and oxygen atoms in total. The lowest BCUT2D eigenvalue weighted by Crippen LogP contribution is -2.05. The summed E-state index contributed by atoms with van der Waals surface area (Å²) < 4.78 is 5.95. The van der Waals surface area contributed by atoms with E-state index in [2.05, 4.69) is 6.07 Å². The van der Waals surface area contributed by atoms with E-state index in [0.29, 0.717) is 16.9 Å². The summed E-state index contributed by atoms with van der Waals surface area (Å²) in [5.41, 5.74) is 1.14. The van der Waals surface area contributed by atoms with Crippen molar-refractivity contribution in [2.75, 3.05) is 19.6 Å². The normalized spacial score (nSPS) is 9.58. The van der Waals surface area contributed by atoms with Crippen molar-refractivity contribution in [2.24, 2.45) is 0 Å². The summed E-state index contributed by atoms with van der Waals surface area (Å²) in [6.07, 6.45) is 3.94. The minimum atomic E-state index is -0.0945. The summed E-state index contributed by atoms with van der Waals surface area (Å²) in [7, 11) is 1.58. The Morgan fingerprint density at radius 3 is 2.26 bits per heavy atom. The molecule has 1 rings (SSSR count). The largest absolute Gasteiger partial charge is 0.497 e. The Morgan fingerprint density at radius 2 is 1.84 bits per heavy atom. The van der Waals surface area contributed by atoms with Gasteiger partial charge in [-0.25, -0.2) is 0 Å². The van der Waals surface area contributed by atoms with Gasteiger partial charge in [-0.1, -0.05) is 0 Å². The van der Waals surface area contributed by atoms with E-state index in [1.54, 1.807) is 31.4 Å². The van der Waals surface area contributed by atoms with Crippen LogP contribution in [0.25, 0.3) is 0 Å². The number of methoxy groups -OCH3 is 1. The predicted molar refractivity (Wildman–Crippen MR) is 81.6 cm³/mol. The summed E-state index contributed by atoms with van der Waals surface area (Å²) in [6, 6.07) is 8.99. The Hall–Kier alpha value is -1.38. The third-order valence-electron chi connectivity index (χ3n) is 2.50. The van der Waals surface area contributed by atoms with Gasteiger partial charge in [0.2, 0.25) is 0 Å². The molecule has 0 atom stereocenters. The number of allylic oxidation sites excluding steroid dienone is 1. The number of ether oxygens (including phenoxy) is 1. The third-order valence-corrected chi connectivity index (χ3v) is 4.73. The van der Waals surface area contributed by atoms with E-state index in [-0.39, 0.29) is 12.2 Å². The van der Waals surface area contributed by atoms with Crippen LogP contribution in [0.15, 0.2) is 34.1 Å². The highest BCUT2D eigenvalue weighted by atomic mass is 32.2. The van der Waals surface area contributed by atoms with E-state index < -0.39 is 0 Å². The van der Waals surface area contributed by atoms with Crippen LogP contribution in [0, 0.1) is 11.3 Å². The molecule has 19 heavy (non-hydrogen) atoms. The molecule has 0 amide bonds. The molecule has 0 spiro atoms. The van der Waals surface area contributed by atoms with Crippen molar-refractivity contribution in [3.05, 3.63) is 39.6 Å². The molecule has 0 bridgehead atoms. The van der Waals surface area contributed by atoms with Crippen LogP contribution in [0.5, 0.6) is 5.75 Å². The van der Waals surface area contributed by atoms with E-state index in [4.69, 9.17) is 10.00 Å². The second-order valence-corrected chi connectivity index (χ2v) is 5.46. The number of ketones is 1. The fourth-order valence-corrected chi connectivity index (χ4v) is 3.06. The lowest BCUT2D eigenvalue weighted by atomic mass is 10.0. The first kappa shape index (κ1) is 15.7. The summed E-state index contributed by atoms with van der Waals surface area (Å²) in [5, 5.41) is 8.88. The van der Waals surface area contributed by atoms with Gasteiger partial charge in [0, 0.05) is 15.4 Å². The zero-order valence-electron chi connectivity index (χ0n) is 11.1. The maximum atomic E-state index is 12.4. The van der Waals surface area contributed by atoms with Crippen molar-refractivity contribution < 1.29 is 9.53 Å². The maximum absolute atomic E-state index is 12.4. The molecule has 100 valence electrons. The number of benzene rings is 1. The van der Waals surface area contributed by atoms with Gasteiger partial charge in [-0.05, 0) is 36.8 Å². The van der Waals surface area contributed by atoms with Crippen LogP contribution < -0.4 is 4.74 Å². The number of nitrogens with zero attached hydrogens (tertiary/aromatic N) is 1. The van der Waals surface area contributed by atoms with Crippen LogP contribution >= 0.6 is 23.5 Å². The molecule has 0 fully saturated rings. The van der Waals surface area contributed by atoms with Gasteiger partial charge < -0.3 is 4.74 Å². The first-order chi connectivity index (χ1) is 9.17. The van der Waals surface area contributed by atoms with Gasteiger partial charge in [-0.3, -0.25) is 4.79 Å². The van der Waals surface area contributed by atoms with E-state index in [9.17, 15) is 4.79 Å². The Balaban J connectivity index is 3.13. The van der Waals surface area contributed by atoms with Crippen molar-refractivity contribution in [2.45, 2.75) is 6.42 Å². The zero-order valence-corrected chi connectivity index (χ0v) is 12.7. The highest BCUT2D eigenvalue weighted by molar-refractivity contribution is 8.21. The van der Waals surface area contributed by atoms with Gasteiger partial charge >= 0.3 is 0 Å². The maximum Gasteiger partial charge on any atom is 0.191 e. The van der Waals surface area contributed by atoms with Gasteiger partial charge in [0.05, 0.1) is 19.6 Å². The molecule has 0 aliphatic carbocycles. The number of nitriles is 1. The van der Waals surface area contributed by atoms with Crippen molar-refractivity contribution >= 4 is 29.3 Å². The third kappa shape index (κ3) is 4.05. The van der Waals surface area contributed by atoms with Gasteiger partial charge in [0.1, 0.15) is 5.75 Å². The summed E-state index contributed by atoms with van der Waals surface area (Å²) >= 11 is 2.99. The molecule has 1 aromatic rings. The van der Waals surface area contributed by atoms with Crippen molar-refractivity contribution in [3.8, 4) is 11.8 Å². The lowest BCUT2D eigenvalue weighted by Gasteiger charge is -2.09. The molecule has 5 heteroatoms. The van der Waals surface area contributed by atoms with Gasteiger partial charge in [0.25, 0.3) is 0 Å². The van der Waals surface area contributed by atoms with Crippen LogP contribution in [0.4, 0.5) is 0 Å². The number of rotatable bonds is 6. The fraction of sp³-hybridized carbons (Fsp3) is 0.286. The monoisotopic (exact) mass is 293 g/mol. The summed E-state index contributed by atoms with van der Waals surface area (Å²) in [5.74, 6) is 0.611. The molecule has 0 unspecified atom stereocenters. The van der Waals surface area contributed by atoms with Crippen molar-refractivity contribution in [1.82, 2.24) is 0 Å². The Kier molecular flexibility index (Phi) is 6.54. The van der Waals surface area contributed by atoms with Gasteiger partial charge in [-0.15, -0.1) is 23.5 Å². The summed E-state index contributed by atoms with van der Waals surface area (Å²) in [4.78, 5) is 12.4. The Morgan fingerprint density at radius 1 is 1.26 bits per heavy atom. The van der Waals surface area contributed by atoms with Crippen LogP contribution in [-0.2, 0) is 0 Å². The van der Waals surface area contributed by atoms with Crippen molar-refractivity contribution in [1.29, 1.82) is 5.26 Å². The molecule has 0 radical (unpaired) electrons. The second-order valence-electron chi connectivity index (χ2n) is 3.57. The predicted octanol–water partition coefficient (Wildman–Crippen LogP) is 3.73. The number of Topliss-reactive ketones (excluding diaryl/α,β-unsaturated/α-hetero) is 1. The highest BCUT2D eigenvalue weighted by Crippen LogP contribution is 2.31. The second kappa shape index (κ2) is 7.93. The smallest absolute Gasteiger partial charge is 0.191 e. The number of hydrogen-bond acceptors (Lipinski definition) is 5. The van der Waals surface area contributed by atoms with Crippen molar-refractivity contribution in [3.63, 3.8) is 0 Å². The highest BCUT2D eigenvalue weighted by Gasteiger charge is 2.16. The number of hydrogen-bond donors (Lipinski definition) is 0. The average Bonchev–Trinajstić information content (AvgIpc) is 2.47. The number of thioether (sulfide) groups is 2. The zero-order chi connectivity index (χ0) is 14.3. The van der Waals surface area contributed by atoms with Gasteiger partial charge in [0.15, 0.2) is 5.78 Å². The van der Waals surface area contributed by atoms with Crippen LogP contribution in [0.3, 0.4) is 0 Å². The fourth-order valence-electron chi connectivity index (χ4n) is 1.57. The van der Waals surface area contributed by atoms with Crippen LogP contribution in [0.2, 0.25) is 0 Å². The van der Waals surface area contributed by atoms with E-state index in [1.807, 2.05) is 12.5 Å². The molecule has 1 aromatic carbocycles. The molecule has 0 saturated carbocycles. The first-order valence-corrected chi connectivity index (χ1v) is 7.99. The Bertz CT molecular complexity index is 509. The molecule has 0 aliphatic heterocycles. The quantitative estimate of drug-likeness (QED) is 0.591. The molecule has 0 aliphatic rings. The van der Waals surface area contributed by atoms with Gasteiger partial charge in [-0.2, -0.15) is 5.26 Å². The molecule has 0 aromatic heterocycles. The lowest BCUT2D eigenvalue weighted by molar-refractivity contribution is 0.103. The van der Waals surface area contributed by atoms with E-state index >= 15 is 0 Å². The average molecular weight is 293 g/mol. The molecular formula is C14H15NO2S2. The molecular weight excluding hydrogens is 278 g/mol. The molecule has 0 N–H and O–H groups in total. The summed E-state index contributed by atoms with van der Waals surface area (Å²) in [6.45, 7) is 0. The minimum Gasteiger partial charge on any atom is -0.497 e. The standard InChI is InChI=1S/C14H15NO2S2/c1-17-11-6-4-10(5-7-11)13(16)12(8-9-15)14(18-2)19-3/h4-7H,8H2,1-3H3. The van der Waals surface area contributed by atoms with E-state index in [0.717, 1.165) is 4.24 Å². The SMILES string of the molecule is COc1ccc(C(=O)C(CC#N)=C(SC)SC)cc1.